The topological polar surface area (TPSA) is 65.3 Å². The number of anilines is 1. The van der Waals surface area contributed by atoms with Crippen molar-refractivity contribution < 1.29 is 14.2 Å². The van der Waals surface area contributed by atoms with Crippen molar-refractivity contribution >= 4 is 5.69 Å². The first-order valence-corrected chi connectivity index (χ1v) is 6.40. The fourth-order valence-electron chi connectivity index (χ4n) is 1.98. The summed E-state index contributed by atoms with van der Waals surface area (Å²) in [6.45, 7) is 0.181. The molecule has 0 aliphatic rings. The lowest BCUT2D eigenvalue weighted by atomic mass is 10.1. The summed E-state index contributed by atoms with van der Waals surface area (Å²) >= 11 is 0. The number of methoxy groups -OCH3 is 1. The zero-order valence-corrected chi connectivity index (χ0v) is 11.5. The number of ether oxygens (including phenoxy) is 1. The second kappa shape index (κ2) is 6.73. The van der Waals surface area contributed by atoms with Gasteiger partial charge in [-0.05, 0) is 29.8 Å². The molecular formula is C16H15FN2O2. The normalized spacial score (nSPS) is 11.5. The van der Waals surface area contributed by atoms with E-state index in [2.05, 4.69) is 11.4 Å². The largest absolute Gasteiger partial charge is 0.495 e. The van der Waals surface area contributed by atoms with Gasteiger partial charge in [0.15, 0.2) is 0 Å². The monoisotopic (exact) mass is 286 g/mol. The van der Waals surface area contributed by atoms with Crippen molar-refractivity contribution in [3.63, 3.8) is 0 Å². The van der Waals surface area contributed by atoms with Gasteiger partial charge in [0.25, 0.3) is 0 Å². The molecule has 2 aromatic carbocycles. The van der Waals surface area contributed by atoms with Gasteiger partial charge >= 0.3 is 0 Å². The molecule has 5 heteroatoms. The van der Waals surface area contributed by atoms with E-state index >= 15 is 0 Å². The summed E-state index contributed by atoms with van der Waals surface area (Å²) in [6.07, 6.45) is -0.818. The number of nitrogens with zero attached hydrogens (tertiary/aromatic N) is 1. The number of nitriles is 1. The zero-order chi connectivity index (χ0) is 15.2. The number of para-hydroxylation sites is 1. The highest BCUT2D eigenvalue weighted by atomic mass is 19.1. The maximum atomic E-state index is 12.8. The van der Waals surface area contributed by atoms with Gasteiger partial charge in [-0.3, -0.25) is 0 Å². The summed E-state index contributed by atoms with van der Waals surface area (Å²) in [5.74, 6) is 0.177. The third-order valence-electron chi connectivity index (χ3n) is 3.09. The molecule has 4 nitrogen and oxygen atoms in total. The summed E-state index contributed by atoms with van der Waals surface area (Å²) in [5.41, 5.74) is 1.56. The van der Waals surface area contributed by atoms with E-state index in [0.717, 1.165) is 0 Å². The fourth-order valence-corrected chi connectivity index (χ4v) is 1.98. The van der Waals surface area contributed by atoms with Crippen LogP contribution >= 0.6 is 0 Å². The molecule has 2 aromatic rings. The highest BCUT2D eigenvalue weighted by Gasteiger charge is 2.12. The third-order valence-corrected chi connectivity index (χ3v) is 3.09. The molecule has 21 heavy (non-hydrogen) atoms. The highest BCUT2D eigenvalue weighted by molar-refractivity contribution is 5.66. The minimum Gasteiger partial charge on any atom is -0.495 e. The van der Waals surface area contributed by atoms with E-state index in [0.29, 0.717) is 22.6 Å². The molecule has 0 aliphatic heterocycles. The van der Waals surface area contributed by atoms with Crippen LogP contribution in [0.5, 0.6) is 5.75 Å². The molecule has 1 unspecified atom stereocenters. The predicted octanol–water partition coefficient (Wildman–Crippen LogP) is 2.85. The minimum atomic E-state index is -0.818. The number of aliphatic hydroxyl groups is 1. The van der Waals surface area contributed by atoms with Crippen molar-refractivity contribution in [1.29, 1.82) is 5.26 Å². The van der Waals surface area contributed by atoms with Crippen LogP contribution in [0.25, 0.3) is 0 Å². The molecule has 1 atom stereocenters. The fraction of sp³-hybridized carbons (Fsp3) is 0.188. The Bertz CT molecular complexity index is 650. The number of hydrogen-bond acceptors (Lipinski definition) is 4. The van der Waals surface area contributed by atoms with Crippen LogP contribution in [0.3, 0.4) is 0 Å². The first-order chi connectivity index (χ1) is 10.2. The maximum Gasteiger partial charge on any atom is 0.143 e. The zero-order valence-electron chi connectivity index (χ0n) is 11.5. The van der Waals surface area contributed by atoms with Crippen molar-refractivity contribution in [3.05, 3.63) is 59.4 Å². The van der Waals surface area contributed by atoms with Gasteiger partial charge in [0, 0.05) is 6.54 Å². The summed E-state index contributed by atoms with van der Waals surface area (Å²) in [6, 6.07) is 12.8. The lowest BCUT2D eigenvalue weighted by Crippen LogP contribution is -2.13. The van der Waals surface area contributed by atoms with Crippen molar-refractivity contribution in [2.75, 3.05) is 19.0 Å². The smallest absolute Gasteiger partial charge is 0.143 e. The van der Waals surface area contributed by atoms with Gasteiger partial charge in [-0.1, -0.05) is 18.2 Å². The van der Waals surface area contributed by atoms with Crippen LogP contribution in [0.2, 0.25) is 0 Å². The average molecular weight is 286 g/mol. The second-order valence-corrected chi connectivity index (χ2v) is 4.44. The first kappa shape index (κ1) is 14.8. The molecule has 108 valence electrons. The molecule has 0 radical (unpaired) electrons. The second-order valence-electron chi connectivity index (χ2n) is 4.44. The van der Waals surface area contributed by atoms with Crippen molar-refractivity contribution in [1.82, 2.24) is 0 Å². The van der Waals surface area contributed by atoms with E-state index in [1.165, 1.54) is 31.4 Å². The molecule has 0 spiro atoms. The Balaban J connectivity index is 2.13. The van der Waals surface area contributed by atoms with E-state index in [1.807, 2.05) is 0 Å². The van der Waals surface area contributed by atoms with Gasteiger partial charge in [-0.2, -0.15) is 5.26 Å². The van der Waals surface area contributed by atoms with Crippen LogP contribution in [-0.4, -0.2) is 18.8 Å². The summed E-state index contributed by atoms with van der Waals surface area (Å²) in [5, 5.41) is 22.2. The van der Waals surface area contributed by atoms with E-state index in [-0.39, 0.29) is 12.4 Å². The van der Waals surface area contributed by atoms with Crippen molar-refractivity contribution in [2.24, 2.45) is 0 Å². The van der Waals surface area contributed by atoms with Crippen LogP contribution in [0.4, 0.5) is 10.1 Å². The van der Waals surface area contributed by atoms with Gasteiger partial charge in [-0.25, -0.2) is 4.39 Å². The van der Waals surface area contributed by atoms with Gasteiger partial charge in [-0.15, -0.1) is 0 Å². The molecule has 0 bridgehead atoms. The minimum absolute atomic E-state index is 0.181. The molecule has 0 amide bonds. The Hall–Kier alpha value is -2.58. The Morgan fingerprint density at radius 2 is 2.00 bits per heavy atom. The molecule has 0 heterocycles. The van der Waals surface area contributed by atoms with Crippen LogP contribution in [0.15, 0.2) is 42.5 Å². The van der Waals surface area contributed by atoms with Gasteiger partial charge < -0.3 is 15.2 Å². The summed E-state index contributed by atoms with van der Waals surface area (Å²) in [4.78, 5) is 0. The number of halogens is 1. The predicted molar refractivity (Wildman–Crippen MR) is 77.6 cm³/mol. The summed E-state index contributed by atoms with van der Waals surface area (Å²) < 4.78 is 18.0. The third kappa shape index (κ3) is 3.50. The molecule has 2 N–H and O–H groups in total. The van der Waals surface area contributed by atoms with Crippen LogP contribution in [0, 0.1) is 17.1 Å². The van der Waals surface area contributed by atoms with Crippen molar-refractivity contribution in [3.8, 4) is 11.8 Å². The van der Waals surface area contributed by atoms with Crippen LogP contribution in [0.1, 0.15) is 17.2 Å². The number of benzene rings is 2. The lowest BCUT2D eigenvalue weighted by Gasteiger charge is -2.16. The van der Waals surface area contributed by atoms with Gasteiger partial charge in [0.05, 0.1) is 24.5 Å². The Kier molecular flexibility index (Phi) is 4.75. The van der Waals surface area contributed by atoms with Crippen molar-refractivity contribution in [2.45, 2.75) is 6.10 Å². The Morgan fingerprint density at radius 3 is 2.62 bits per heavy atom. The number of aliphatic hydroxyl groups excluding tert-OH is 1. The Morgan fingerprint density at radius 1 is 1.29 bits per heavy atom. The molecule has 0 saturated carbocycles. The van der Waals surface area contributed by atoms with E-state index in [4.69, 9.17) is 10.00 Å². The quantitative estimate of drug-likeness (QED) is 0.887. The van der Waals surface area contributed by atoms with Gasteiger partial charge in [0.1, 0.15) is 17.6 Å². The highest BCUT2D eigenvalue weighted by Crippen LogP contribution is 2.28. The SMILES string of the molecule is COc1cccc(C#N)c1NCC(O)c1ccc(F)cc1. The lowest BCUT2D eigenvalue weighted by molar-refractivity contribution is 0.191. The number of rotatable bonds is 5. The standard InChI is InChI=1S/C16H15FN2O2/c1-21-15-4-2-3-12(9-18)16(15)19-10-14(20)11-5-7-13(17)8-6-11/h2-8,14,19-20H,10H2,1H3. The van der Waals surface area contributed by atoms with Crippen LogP contribution < -0.4 is 10.1 Å². The molecule has 0 aliphatic carbocycles. The van der Waals surface area contributed by atoms with Gasteiger partial charge in [0.2, 0.25) is 0 Å². The first-order valence-electron chi connectivity index (χ1n) is 6.40. The number of hydrogen-bond donors (Lipinski definition) is 2. The van der Waals surface area contributed by atoms with E-state index in [1.54, 1.807) is 18.2 Å². The number of nitrogens with one attached hydrogen (secondary N) is 1. The van der Waals surface area contributed by atoms with E-state index in [9.17, 15) is 9.50 Å². The average Bonchev–Trinajstić information content (AvgIpc) is 2.52. The Labute approximate surface area is 122 Å². The molecule has 2 rings (SSSR count). The molecule has 0 saturated heterocycles. The molecule has 0 fully saturated rings. The van der Waals surface area contributed by atoms with E-state index < -0.39 is 6.10 Å². The van der Waals surface area contributed by atoms with Crippen LogP contribution in [-0.2, 0) is 0 Å². The summed E-state index contributed by atoms with van der Waals surface area (Å²) in [7, 11) is 1.51. The molecular weight excluding hydrogens is 271 g/mol. The molecule has 0 aromatic heterocycles. The maximum absolute atomic E-state index is 12.8.